The Labute approximate surface area is 163 Å². The van der Waals surface area contributed by atoms with Crippen LogP contribution in [0.5, 0.6) is 5.75 Å². The molecule has 0 aliphatic rings. The Kier molecular flexibility index (Phi) is 10.1. The maximum absolute atomic E-state index is 10.9. The van der Waals surface area contributed by atoms with Gasteiger partial charge in [-0.1, -0.05) is 81.9 Å². The summed E-state index contributed by atoms with van der Waals surface area (Å²) in [6, 6.07) is 14.7. The first-order valence-electron chi connectivity index (χ1n) is 10.2. The predicted octanol–water partition coefficient (Wildman–Crippen LogP) is 6.46. The molecule has 0 saturated carbocycles. The monoisotopic (exact) mass is 368 g/mol. The van der Waals surface area contributed by atoms with Gasteiger partial charge in [0.1, 0.15) is 5.75 Å². The first-order chi connectivity index (χ1) is 13.3. The number of ether oxygens (including phenoxy) is 2. The third-order valence-electron chi connectivity index (χ3n) is 4.69. The van der Waals surface area contributed by atoms with E-state index >= 15 is 0 Å². The number of unbranched alkanes of at least 4 members (excludes halogenated alkanes) is 8. The molecule has 0 atom stereocenters. The summed E-state index contributed by atoms with van der Waals surface area (Å²) in [5.41, 5.74) is 0. The van der Waals surface area contributed by atoms with Gasteiger partial charge in [0.15, 0.2) is 0 Å². The van der Waals surface area contributed by atoms with Gasteiger partial charge >= 0.3 is 5.97 Å². The van der Waals surface area contributed by atoms with Crippen molar-refractivity contribution in [3.05, 3.63) is 55.1 Å². The molecule has 0 aliphatic heterocycles. The van der Waals surface area contributed by atoms with Crippen LogP contribution in [0.15, 0.2) is 55.1 Å². The van der Waals surface area contributed by atoms with E-state index in [1.165, 1.54) is 55.4 Å². The van der Waals surface area contributed by atoms with E-state index in [4.69, 9.17) is 9.47 Å². The number of esters is 1. The zero-order valence-corrected chi connectivity index (χ0v) is 16.3. The second-order valence-corrected chi connectivity index (χ2v) is 6.91. The van der Waals surface area contributed by atoms with Gasteiger partial charge in [-0.25, -0.2) is 4.79 Å². The summed E-state index contributed by atoms with van der Waals surface area (Å²) in [7, 11) is 0. The second kappa shape index (κ2) is 13.0. The molecular formula is C24H32O3. The van der Waals surface area contributed by atoms with Gasteiger partial charge in [0.05, 0.1) is 13.2 Å². The summed E-state index contributed by atoms with van der Waals surface area (Å²) in [6.45, 7) is 4.69. The highest BCUT2D eigenvalue weighted by atomic mass is 16.5. The average Bonchev–Trinajstić information content (AvgIpc) is 2.71. The van der Waals surface area contributed by atoms with E-state index in [-0.39, 0.29) is 5.97 Å². The molecule has 0 saturated heterocycles. The Morgan fingerprint density at radius 1 is 0.778 bits per heavy atom. The molecule has 2 aromatic carbocycles. The number of rotatable bonds is 14. The topological polar surface area (TPSA) is 35.5 Å². The highest BCUT2D eigenvalue weighted by molar-refractivity contribution is 5.83. The lowest BCUT2D eigenvalue weighted by molar-refractivity contribution is -0.137. The van der Waals surface area contributed by atoms with Gasteiger partial charge in [-0.2, -0.15) is 0 Å². The molecule has 0 heterocycles. The van der Waals surface area contributed by atoms with Gasteiger partial charge in [-0.15, -0.1) is 0 Å². The SMILES string of the molecule is C=CC(=O)OCCCCCCCCCCCOc1ccc2ccccc2c1. The van der Waals surface area contributed by atoms with Crippen molar-refractivity contribution in [1.29, 1.82) is 0 Å². The number of hydrogen-bond donors (Lipinski definition) is 0. The van der Waals surface area contributed by atoms with E-state index in [9.17, 15) is 4.79 Å². The molecule has 0 amide bonds. The fourth-order valence-corrected chi connectivity index (χ4v) is 3.12. The van der Waals surface area contributed by atoms with E-state index in [0.717, 1.165) is 31.6 Å². The van der Waals surface area contributed by atoms with Crippen molar-refractivity contribution in [3.8, 4) is 5.75 Å². The highest BCUT2D eigenvalue weighted by Crippen LogP contribution is 2.20. The van der Waals surface area contributed by atoms with Gasteiger partial charge in [-0.3, -0.25) is 0 Å². The van der Waals surface area contributed by atoms with Crippen LogP contribution in [-0.2, 0) is 9.53 Å². The summed E-state index contributed by atoms with van der Waals surface area (Å²) in [6.07, 6.45) is 12.0. The molecule has 27 heavy (non-hydrogen) atoms. The first-order valence-corrected chi connectivity index (χ1v) is 10.2. The van der Waals surface area contributed by atoms with Crippen molar-refractivity contribution < 1.29 is 14.3 Å². The summed E-state index contributed by atoms with van der Waals surface area (Å²) < 4.78 is 10.8. The Hall–Kier alpha value is -2.29. The quantitative estimate of drug-likeness (QED) is 0.218. The number of hydrogen-bond acceptors (Lipinski definition) is 3. The van der Waals surface area contributed by atoms with Gasteiger partial charge in [0, 0.05) is 6.08 Å². The Balaban J connectivity index is 1.40. The van der Waals surface area contributed by atoms with Crippen LogP contribution >= 0.6 is 0 Å². The minimum Gasteiger partial charge on any atom is -0.494 e. The molecule has 2 rings (SSSR count). The molecule has 0 fully saturated rings. The largest absolute Gasteiger partial charge is 0.494 e. The lowest BCUT2D eigenvalue weighted by Crippen LogP contribution is -2.01. The van der Waals surface area contributed by atoms with E-state index in [2.05, 4.69) is 49.0 Å². The van der Waals surface area contributed by atoms with Gasteiger partial charge < -0.3 is 9.47 Å². The summed E-state index contributed by atoms with van der Waals surface area (Å²) >= 11 is 0. The van der Waals surface area contributed by atoms with Crippen molar-refractivity contribution in [2.24, 2.45) is 0 Å². The first kappa shape index (κ1) is 21.0. The maximum Gasteiger partial charge on any atom is 0.330 e. The third kappa shape index (κ3) is 8.76. The van der Waals surface area contributed by atoms with Crippen molar-refractivity contribution in [2.45, 2.75) is 57.8 Å². The molecule has 0 unspecified atom stereocenters. The number of carbonyl (C=O) groups excluding carboxylic acids is 1. The summed E-state index contributed by atoms with van der Waals surface area (Å²) in [4.78, 5) is 10.9. The van der Waals surface area contributed by atoms with E-state index in [1.54, 1.807) is 0 Å². The molecule has 3 heteroatoms. The normalized spacial score (nSPS) is 10.7. The van der Waals surface area contributed by atoms with E-state index in [1.807, 2.05) is 0 Å². The molecule has 0 radical (unpaired) electrons. The Morgan fingerprint density at radius 3 is 2.04 bits per heavy atom. The summed E-state index contributed by atoms with van der Waals surface area (Å²) in [5, 5.41) is 2.48. The maximum atomic E-state index is 10.9. The van der Waals surface area contributed by atoms with Gasteiger partial charge in [-0.05, 0) is 35.7 Å². The number of carbonyl (C=O) groups is 1. The van der Waals surface area contributed by atoms with Crippen molar-refractivity contribution in [3.63, 3.8) is 0 Å². The van der Waals surface area contributed by atoms with Crippen LogP contribution in [0.3, 0.4) is 0 Å². The predicted molar refractivity (Wildman–Crippen MR) is 112 cm³/mol. The van der Waals surface area contributed by atoms with Crippen LogP contribution in [0, 0.1) is 0 Å². The molecule has 146 valence electrons. The van der Waals surface area contributed by atoms with Crippen LogP contribution in [0.25, 0.3) is 10.8 Å². The van der Waals surface area contributed by atoms with E-state index < -0.39 is 0 Å². The number of fused-ring (bicyclic) bond motifs is 1. The van der Waals surface area contributed by atoms with E-state index in [0.29, 0.717) is 6.61 Å². The molecule has 0 bridgehead atoms. The van der Waals surface area contributed by atoms with Gasteiger partial charge in [0.25, 0.3) is 0 Å². The third-order valence-corrected chi connectivity index (χ3v) is 4.69. The average molecular weight is 369 g/mol. The standard InChI is InChI=1S/C24H32O3/c1-2-24(25)27-19-13-9-7-5-3-4-6-8-12-18-26-23-17-16-21-14-10-11-15-22(21)20-23/h2,10-11,14-17,20H,1,3-9,12-13,18-19H2. The second-order valence-electron chi connectivity index (χ2n) is 6.91. The van der Waals surface area contributed by atoms with Crippen molar-refractivity contribution in [2.75, 3.05) is 13.2 Å². The zero-order valence-electron chi connectivity index (χ0n) is 16.3. The van der Waals surface area contributed by atoms with Crippen LogP contribution in [-0.4, -0.2) is 19.2 Å². The summed E-state index contributed by atoms with van der Waals surface area (Å²) in [5.74, 6) is 0.645. The highest BCUT2D eigenvalue weighted by Gasteiger charge is 1.98. The molecule has 0 aromatic heterocycles. The molecule has 0 N–H and O–H groups in total. The van der Waals surface area contributed by atoms with Crippen molar-refractivity contribution >= 4 is 16.7 Å². The van der Waals surface area contributed by atoms with Crippen LogP contribution in [0.4, 0.5) is 0 Å². The molecule has 3 nitrogen and oxygen atoms in total. The van der Waals surface area contributed by atoms with Gasteiger partial charge in [0.2, 0.25) is 0 Å². The van der Waals surface area contributed by atoms with Crippen molar-refractivity contribution in [1.82, 2.24) is 0 Å². The molecule has 0 spiro atoms. The smallest absolute Gasteiger partial charge is 0.330 e. The van der Waals surface area contributed by atoms with Crippen LogP contribution in [0.1, 0.15) is 57.8 Å². The lowest BCUT2D eigenvalue weighted by Gasteiger charge is -2.07. The fourth-order valence-electron chi connectivity index (χ4n) is 3.12. The molecule has 0 aliphatic carbocycles. The molecule has 2 aromatic rings. The Bertz CT molecular complexity index is 693. The minimum absolute atomic E-state index is 0.320. The Morgan fingerprint density at radius 2 is 1.37 bits per heavy atom. The molecular weight excluding hydrogens is 336 g/mol. The lowest BCUT2D eigenvalue weighted by atomic mass is 10.1. The van der Waals surface area contributed by atoms with Crippen LogP contribution in [0.2, 0.25) is 0 Å². The zero-order chi connectivity index (χ0) is 19.2. The fraction of sp³-hybridized carbons (Fsp3) is 0.458. The van der Waals surface area contributed by atoms with Crippen LogP contribution < -0.4 is 4.74 Å². The minimum atomic E-state index is -0.320. The number of benzene rings is 2.